The molecule has 2 unspecified atom stereocenters. The summed E-state index contributed by atoms with van der Waals surface area (Å²) >= 11 is 0. The summed E-state index contributed by atoms with van der Waals surface area (Å²) < 4.78 is 0. The van der Waals surface area contributed by atoms with Gasteiger partial charge in [0.2, 0.25) is 0 Å². The van der Waals surface area contributed by atoms with Crippen molar-refractivity contribution in [3.05, 3.63) is 0 Å². The Morgan fingerprint density at radius 2 is 1.86 bits per heavy atom. The highest BCUT2D eigenvalue weighted by atomic mass is 127. The Bertz CT molecular complexity index is 319. The Labute approximate surface area is 152 Å². The summed E-state index contributed by atoms with van der Waals surface area (Å²) in [4.78, 5) is 4.65. The molecule has 4 nitrogen and oxygen atoms in total. The van der Waals surface area contributed by atoms with Crippen molar-refractivity contribution in [1.29, 1.82) is 0 Å². The minimum absolute atomic E-state index is 0. The minimum atomic E-state index is -0.140. The molecule has 0 bridgehead atoms. The maximum Gasteiger partial charge on any atom is 0.191 e. The summed E-state index contributed by atoms with van der Waals surface area (Å²) in [5.41, 5.74) is 0. The molecule has 0 spiro atoms. The van der Waals surface area contributed by atoms with Crippen molar-refractivity contribution in [2.45, 2.75) is 70.8 Å². The fourth-order valence-electron chi connectivity index (χ4n) is 3.68. The highest BCUT2D eigenvalue weighted by molar-refractivity contribution is 14.0. The van der Waals surface area contributed by atoms with Crippen molar-refractivity contribution in [2.24, 2.45) is 16.8 Å². The smallest absolute Gasteiger partial charge is 0.191 e. The molecule has 0 saturated heterocycles. The van der Waals surface area contributed by atoms with E-state index in [-0.39, 0.29) is 30.1 Å². The molecular weight excluding hydrogens is 389 g/mol. The van der Waals surface area contributed by atoms with Crippen molar-refractivity contribution in [3.63, 3.8) is 0 Å². The lowest BCUT2D eigenvalue weighted by molar-refractivity contribution is 0.136. The van der Waals surface area contributed by atoms with Gasteiger partial charge in [-0.25, -0.2) is 0 Å². The van der Waals surface area contributed by atoms with Crippen LogP contribution in [0.15, 0.2) is 4.99 Å². The van der Waals surface area contributed by atoms with Gasteiger partial charge in [-0.3, -0.25) is 4.99 Å². The van der Waals surface area contributed by atoms with Gasteiger partial charge in [-0.1, -0.05) is 32.1 Å². The van der Waals surface area contributed by atoms with Gasteiger partial charge in [-0.05, 0) is 38.5 Å². The normalized spacial score (nSPS) is 26.0. The second-order valence-electron chi connectivity index (χ2n) is 6.70. The highest BCUT2D eigenvalue weighted by Gasteiger charge is 2.24. The van der Waals surface area contributed by atoms with Crippen LogP contribution in [0.3, 0.4) is 0 Å². The van der Waals surface area contributed by atoms with Gasteiger partial charge in [-0.2, -0.15) is 0 Å². The Morgan fingerprint density at radius 1 is 1.09 bits per heavy atom. The molecule has 2 saturated carbocycles. The average Bonchev–Trinajstić information content (AvgIpc) is 3.12. The summed E-state index contributed by atoms with van der Waals surface area (Å²) in [6, 6.07) is 0. The molecule has 0 aliphatic heterocycles. The van der Waals surface area contributed by atoms with Crippen LogP contribution >= 0.6 is 24.0 Å². The Balaban J connectivity index is 0.00000242. The number of aliphatic hydroxyl groups is 1. The molecule has 3 N–H and O–H groups in total. The number of hydrogen-bond acceptors (Lipinski definition) is 2. The summed E-state index contributed by atoms with van der Waals surface area (Å²) in [7, 11) is 0. The Hall–Kier alpha value is -0.0400. The van der Waals surface area contributed by atoms with Crippen LogP contribution in [-0.4, -0.2) is 36.8 Å². The monoisotopic (exact) mass is 423 g/mol. The van der Waals surface area contributed by atoms with Crippen LogP contribution in [0.25, 0.3) is 0 Å². The van der Waals surface area contributed by atoms with Gasteiger partial charge in [-0.15, -0.1) is 24.0 Å². The molecule has 2 aliphatic carbocycles. The van der Waals surface area contributed by atoms with E-state index in [1.165, 1.54) is 38.5 Å². The summed E-state index contributed by atoms with van der Waals surface area (Å²) in [5, 5.41) is 16.6. The van der Waals surface area contributed by atoms with E-state index < -0.39 is 0 Å². The van der Waals surface area contributed by atoms with Gasteiger partial charge in [0.15, 0.2) is 5.96 Å². The fourth-order valence-corrected chi connectivity index (χ4v) is 3.68. The lowest BCUT2D eigenvalue weighted by atomic mass is 10.0. The molecule has 0 amide bonds. The third kappa shape index (κ3) is 7.02. The molecule has 0 aromatic heterocycles. The number of aliphatic imine (C=N–C) groups is 1. The molecule has 130 valence electrons. The highest BCUT2D eigenvalue weighted by Crippen LogP contribution is 2.28. The first kappa shape index (κ1) is 20.0. The van der Waals surface area contributed by atoms with Gasteiger partial charge in [0.05, 0.1) is 6.10 Å². The van der Waals surface area contributed by atoms with Crippen molar-refractivity contribution < 1.29 is 5.11 Å². The van der Waals surface area contributed by atoms with E-state index in [0.29, 0.717) is 5.92 Å². The molecule has 22 heavy (non-hydrogen) atoms. The average molecular weight is 423 g/mol. The lowest BCUT2D eigenvalue weighted by Crippen LogP contribution is -2.38. The molecular formula is C17H34IN3O. The molecule has 0 radical (unpaired) electrons. The predicted molar refractivity (Wildman–Crippen MR) is 104 cm³/mol. The first-order valence-electron chi connectivity index (χ1n) is 9.00. The lowest BCUT2D eigenvalue weighted by Gasteiger charge is -2.15. The third-order valence-electron chi connectivity index (χ3n) is 5.00. The minimum Gasteiger partial charge on any atom is -0.393 e. The quantitative estimate of drug-likeness (QED) is 0.255. The van der Waals surface area contributed by atoms with E-state index >= 15 is 0 Å². The molecule has 2 aliphatic rings. The number of rotatable bonds is 7. The Kier molecular flexibility index (Phi) is 10.4. The molecule has 0 aromatic rings. The second kappa shape index (κ2) is 11.5. The van der Waals surface area contributed by atoms with E-state index in [1.807, 2.05) is 0 Å². The van der Waals surface area contributed by atoms with Gasteiger partial charge >= 0.3 is 0 Å². The number of halogens is 1. The van der Waals surface area contributed by atoms with Gasteiger partial charge in [0.25, 0.3) is 0 Å². The standard InChI is InChI=1S/C17H33N3O.HI/c1-2-18-17(20-13-15-10-5-11-16(15)21)19-12-6-9-14-7-3-4-8-14;/h14-16,21H,2-13H2,1H3,(H2,18,19,20);1H. The van der Waals surface area contributed by atoms with Crippen LogP contribution in [0.1, 0.15) is 64.7 Å². The summed E-state index contributed by atoms with van der Waals surface area (Å²) in [5.74, 6) is 2.25. The number of aliphatic hydroxyl groups excluding tert-OH is 1. The van der Waals surface area contributed by atoms with Crippen molar-refractivity contribution in [2.75, 3.05) is 19.6 Å². The van der Waals surface area contributed by atoms with E-state index in [9.17, 15) is 5.11 Å². The molecule has 2 rings (SSSR count). The van der Waals surface area contributed by atoms with E-state index in [1.54, 1.807) is 0 Å². The molecule has 0 aromatic carbocycles. The first-order chi connectivity index (χ1) is 10.3. The number of nitrogens with zero attached hydrogens (tertiary/aromatic N) is 1. The van der Waals surface area contributed by atoms with Gasteiger partial charge < -0.3 is 15.7 Å². The first-order valence-corrected chi connectivity index (χ1v) is 9.00. The largest absolute Gasteiger partial charge is 0.393 e. The van der Waals surface area contributed by atoms with Crippen molar-refractivity contribution >= 4 is 29.9 Å². The van der Waals surface area contributed by atoms with Crippen LogP contribution in [0.2, 0.25) is 0 Å². The summed E-state index contributed by atoms with van der Waals surface area (Å²) in [6.07, 6.45) is 11.4. The Morgan fingerprint density at radius 3 is 2.50 bits per heavy atom. The van der Waals surface area contributed by atoms with Gasteiger partial charge in [0, 0.05) is 25.6 Å². The maximum atomic E-state index is 9.86. The zero-order chi connectivity index (χ0) is 14.9. The number of hydrogen-bond donors (Lipinski definition) is 3. The number of nitrogens with one attached hydrogen (secondary N) is 2. The third-order valence-corrected chi connectivity index (χ3v) is 5.00. The molecule has 2 fully saturated rings. The van der Waals surface area contributed by atoms with Crippen LogP contribution in [0, 0.1) is 11.8 Å². The molecule has 5 heteroatoms. The predicted octanol–water partition coefficient (Wildman–Crippen LogP) is 3.29. The maximum absolute atomic E-state index is 9.86. The van der Waals surface area contributed by atoms with Crippen LogP contribution in [0.5, 0.6) is 0 Å². The fraction of sp³-hybridized carbons (Fsp3) is 0.941. The van der Waals surface area contributed by atoms with Crippen molar-refractivity contribution in [1.82, 2.24) is 10.6 Å². The number of guanidine groups is 1. The van der Waals surface area contributed by atoms with E-state index in [0.717, 1.165) is 50.8 Å². The van der Waals surface area contributed by atoms with Crippen LogP contribution in [-0.2, 0) is 0 Å². The van der Waals surface area contributed by atoms with Crippen molar-refractivity contribution in [3.8, 4) is 0 Å². The topological polar surface area (TPSA) is 56.7 Å². The van der Waals surface area contributed by atoms with Crippen LogP contribution < -0.4 is 10.6 Å². The molecule has 2 atom stereocenters. The molecule has 0 heterocycles. The van der Waals surface area contributed by atoms with E-state index in [4.69, 9.17) is 0 Å². The van der Waals surface area contributed by atoms with Gasteiger partial charge in [0.1, 0.15) is 0 Å². The SMILES string of the molecule is CCNC(=NCC1CCCC1O)NCCCC1CCCC1.I. The summed E-state index contributed by atoms with van der Waals surface area (Å²) in [6.45, 7) is 4.75. The second-order valence-corrected chi connectivity index (χ2v) is 6.70. The van der Waals surface area contributed by atoms with Crippen LogP contribution in [0.4, 0.5) is 0 Å². The van der Waals surface area contributed by atoms with E-state index in [2.05, 4.69) is 22.5 Å². The zero-order valence-electron chi connectivity index (χ0n) is 14.0. The zero-order valence-corrected chi connectivity index (χ0v) is 16.4.